The molecule has 4 heteroatoms. The van der Waals surface area contributed by atoms with E-state index in [1.807, 2.05) is 30.3 Å². The lowest BCUT2D eigenvalue weighted by Gasteiger charge is -2.07. The minimum absolute atomic E-state index is 0.183. The number of phenolic OH excluding ortho intramolecular Hbond substituents is 1. The summed E-state index contributed by atoms with van der Waals surface area (Å²) in [6.07, 6.45) is 0. The number of nitrogens with zero attached hydrogens (tertiary/aromatic N) is 2. The molecule has 0 radical (unpaired) electrons. The fourth-order valence-corrected chi connectivity index (χ4v) is 2.15. The first-order chi connectivity index (χ1) is 9.67. The molecule has 0 bridgehead atoms. The van der Waals surface area contributed by atoms with Crippen LogP contribution in [0.1, 0.15) is 5.69 Å². The molecule has 0 saturated carbocycles. The van der Waals surface area contributed by atoms with Gasteiger partial charge in [0.1, 0.15) is 23.3 Å². The van der Waals surface area contributed by atoms with Gasteiger partial charge in [0, 0.05) is 17.0 Å². The summed E-state index contributed by atoms with van der Waals surface area (Å²) in [7, 11) is 0. The van der Waals surface area contributed by atoms with Gasteiger partial charge in [0.15, 0.2) is 0 Å². The minimum atomic E-state index is -0.558. The Morgan fingerprint density at radius 1 is 1.10 bits per heavy atom. The van der Waals surface area contributed by atoms with E-state index in [1.165, 1.54) is 12.1 Å². The van der Waals surface area contributed by atoms with Crippen LogP contribution in [0.4, 0.5) is 4.39 Å². The molecule has 3 rings (SSSR count). The van der Waals surface area contributed by atoms with E-state index in [1.54, 1.807) is 6.07 Å². The van der Waals surface area contributed by atoms with Crippen LogP contribution < -0.4 is 0 Å². The highest BCUT2D eigenvalue weighted by Crippen LogP contribution is 2.29. The number of hydrogen-bond acceptors (Lipinski definition) is 3. The Balaban J connectivity index is 2.32. The van der Waals surface area contributed by atoms with Crippen molar-refractivity contribution in [3.05, 3.63) is 60.0 Å². The first-order valence-electron chi connectivity index (χ1n) is 5.97. The molecule has 1 heterocycles. The molecule has 0 atom stereocenters. The third-order valence-electron chi connectivity index (χ3n) is 3.02. The van der Waals surface area contributed by atoms with Gasteiger partial charge in [-0.05, 0) is 29.8 Å². The molecule has 0 saturated heterocycles. The Morgan fingerprint density at radius 3 is 2.65 bits per heavy atom. The van der Waals surface area contributed by atoms with Gasteiger partial charge < -0.3 is 5.11 Å². The quantitative estimate of drug-likeness (QED) is 0.730. The number of hydrogen-bond donors (Lipinski definition) is 1. The number of benzene rings is 2. The smallest absolute Gasteiger partial charge is 0.149 e. The maximum atomic E-state index is 13.4. The molecule has 0 spiro atoms. The lowest BCUT2D eigenvalue weighted by atomic mass is 10.0. The lowest BCUT2D eigenvalue weighted by Crippen LogP contribution is -1.91. The van der Waals surface area contributed by atoms with Crippen molar-refractivity contribution in [2.45, 2.75) is 0 Å². The van der Waals surface area contributed by atoms with Crippen LogP contribution in [0.2, 0.25) is 0 Å². The number of nitriles is 1. The third kappa shape index (κ3) is 2.06. The fraction of sp³-hybridized carbons (Fsp3) is 0. The molecule has 1 aromatic heterocycles. The lowest BCUT2D eigenvalue weighted by molar-refractivity contribution is 0.469. The molecular formula is C16H9FN2O. The second-order valence-corrected chi connectivity index (χ2v) is 4.39. The number of rotatable bonds is 1. The highest BCUT2D eigenvalue weighted by atomic mass is 19.1. The number of pyridine rings is 1. The van der Waals surface area contributed by atoms with Crippen LogP contribution in [-0.4, -0.2) is 10.1 Å². The minimum Gasteiger partial charge on any atom is -0.508 e. The van der Waals surface area contributed by atoms with Gasteiger partial charge in [0.2, 0.25) is 0 Å². The van der Waals surface area contributed by atoms with Crippen LogP contribution in [-0.2, 0) is 0 Å². The van der Waals surface area contributed by atoms with Gasteiger partial charge in [-0.2, -0.15) is 5.26 Å². The number of phenols is 1. The van der Waals surface area contributed by atoms with Crippen molar-refractivity contribution in [3.8, 4) is 22.9 Å². The second kappa shape index (κ2) is 4.63. The Labute approximate surface area is 114 Å². The predicted octanol–water partition coefficient (Wildman–Crippen LogP) is 3.62. The number of aromatic hydroxyl groups is 1. The zero-order chi connectivity index (χ0) is 14.1. The van der Waals surface area contributed by atoms with Gasteiger partial charge >= 0.3 is 0 Å². The molecule has 0 aliphatic rings. The maximum Gasteiger partial charge on any atom is 0.149 e. The van der Waals surface area contributed by atoms with Crippen molar-refractivity contribution in [2.75, 3.05) is 0 Å². The van der Waals surface area contributed by atoms with Crippen LogP contribution in [0.25, 0.3) is 22.0 Å². The SMILES string of the molecule is N#Cc1nc2ccccc2cc1-c1cc(O)cc(F)c1. The van der Waals surface area contributed by atoms with E-state index in [-0.39, 0.29) is 11.4 Å². The molecule has 0 aliphatic heterocycles. The van der Waals surface area contributed by atoms with E-state index in [2.05, 4.69) is 4.98 Å². The summed E-state index contributed by atoms with van der Waals surface area (Å²) in [5.74, 6) is -0.742. The van der Waals surface area contributed by atoms with Crippen molar-refractivity contribution < 1.29 is 9.50 Å². The van der Waals surface area contributed by atoms with E-state index >= 15 is 0 Å². The number of para-hydroxylation sites is 1. The highest BCUT2D eigenvalue weighted by Gasteiger charge is 2.10. The number of fused-ring (bicyclic) bond motifs is 1. The first-order valence-corrected chi connectivity index (χ1v) is 5.97. The number of halogens is 1. The molecule has 3 aromatic rings. The topological polar surface area (TPSA) is 56.9 Å². The summed E-state index contributed by atoms with van der Waals surface area (Å²) < 4.78 is 13.4. The third-order valence-corrected chi connectivity index (χ3v) is 3.02. The van der Waals surface area contributed by atoms with Gasteiger partial charge in [0.05, 0.1) is 5.52 Å². The molecule has 1 N–H and O–H groups in total. The normalized spacial score (nSPS) is 10.4. The number of aromatic nitrogens is 1. The predicted molar refractivity (Wildman–Crippen MR) is 73.5 cm³/mol. The van der Waals surface area contributed by atoms with Crippen LogP contribution in [0.15, 0.2) is 48.5 Å². The van der Waals surface area contributed by atoms with Crippen molar-refractivity contribution in [3.63, 3.8) is 0 Å². The van der Waals surface area contributed by atoms with E-state index in [0.29, 0.717) is 16.6 Å². The van der Waals surface area contributed by atoms with Gasteiger partial charge in [-0.25, -0.2) is 9.37 Å². The van der Waals surface area contributed by atoms with Crippen LogP contribution >= 0.6 is 0 Å². The molecule has 20 heavy (non-hydrogen) atoms. The standard InChI is InChI=1S/C16H9FN2O/c17-12-5-11(6-13(20)8-12)14-7-10-3-1-2-4-15(10)19-16(14)9-18/h1-8,20H. The Kier molecular flexibility index (Phi) is 2.81. The van der Waals surface area contributed by atoms with Crippen molar-refractivity contribution in [1.82, 2.24) is 4.98 Å². The summed E-state index contributed by atoms with van der Waals surface area (Å²) in [6, 6.07) is 14.9. The van der Waals surface area contributed by atoms with Crippen molar-refractivity contribution in [2.24, 2.45) is 0 Å². The Morgan fingerprint density at radius 2 is 1.90 bits per heavy atom. The van der Waals surface area contributed by atoms with E-state index < -0.39 is 5.82 Å². The highest BCUT2D eigenvalue weighted by molar-refractivity contribution is 5.86. The fourth-order valence-electron chi connectivity index (χ4n) is 2.15. The van der Waals surface area contributed by atoms with E-state index in [4.69, 9.17) is 0 Å². The molecular weight excluding hydrogens is 255 g/mol. The van der Waals surface area contributed by atoms with E-state index in [9.17, 15) is 14.8 Å². The summed E-state index contributed by atoms with van der Waals surface area (Å²) >= 11 is 0. The van der Waals surface area contributed by atoms with Crippen LogP contribution in [0, 0.1) is 17.1 Å². The van der Waals surface area contributed by atoms with Crippen LogP contribution in [0.3, 0.4) is 0 Å². The van der Waals surface area contributed by atoms with Gasteiger partial charge in [0.25, 0.3) is 0 Å². The maximum absolute atomic E-state index is 13.4. The summed E-state index contributed by atoms with van der Waals surface area (Å²) in [6.45, 7) is 0. The summed E-state index contributed by atoms with van der Waals surface area (Å²) in [5.41, 5.74) is 1.83. The molecule has 96 valence electrons. The largest absolute Gasteiger partial charge is 0.508 e. The van der Waals surface area contributed by atoms with Crippen molar-refractivity contribution in [1.29, 1.82) is 5.26 Å². The average molecular weight is 264 g/mol. The van der Waals surface area contributed by atoms with Gasteiger partial charge in [-0.3, -0.25) is 0 Å². The van der Waals surface area contributed by atoms with Gasteiger partial charge in [-0.1, -0.05) is 18.2 Å². The molecule has 0 amide bonds. The molecule has 3 nitrogen and oxygen atoms in total. The second-order valence-electron chi connectivity index (χ2n) is 4.39. The Hall–Kier alpha value is -2.93. The zero-order valence-corrected chi connectivity index (χ0v) is 10.3. The Bertz CT molecular complexity index is 832. The van der Waals surface area contributed by atoms with E-state index in [0.717, 1.165) is 11.5 Å². The van der Waals surface area contributed by atoms with Crippen LogP contribution in [0.5, 0.6) is 5.75 Å². The first kappa shape index (κ1) is 12.1. The van der Waals surface area contributed by atoms with Gasteiger partial charge in [-0.15, -0.1) is 0 Å². The summed E-state index contributed by atoms with van der Waals surface area (Å²) in [5, 5.41) is 19.5. The zero-order valence-electron chi connectivity index (χ0n) is 10.3. The van der Waals surface area contributed by atoms with Crippen molar-refractivity contribution >= 4 is 10.9 Å². The molecule has 0 unspecified atom stereocenters. The monoisotopic (exact) mass is 264 g/mol. The summed E-state index contributed by atoms with van der Waals surface area (Å²) in [4.78, 5) is 4.26. The molecule has 2 aromatic carbocycles. The average Bonchev–Trinajstić information content (AvgIpc) is 2.44. The molecule has 0 aliphatic carbocycles. The molecule has 0 fully saturated rings.